The van der Waals surface area contributed by atoms with Gasteiger partial charge in [-0.2, -0.15) is 0 Å². The highest BCUT2D eigenvalue weighted by Gasteiger charge is 2.54. The molecular formula is C43H66O13. The Kier molecular flexibility index (Phi) is 12.7. The third-order valence-electron chi connectivity index (χ3n) is 13.6. The molecule has 13 nitrogen and oxygen atoms in total. The standard InChI is InChI=1S/C43H66O13/c1-25-21-34(55-43(23-25)35(45)13-12-30(53-43)24-40(5,49)39(47)48)26(2)10-11-29-14-18-42(52-29)19-15-33-38(56-42)36(46)28(4)37(51-33)31(44)22-27(3)32-9-8-17-41(54-32)16-6-7-20-50-41/h10-11,23,26-27,29-38,44-46,49H,4,6-9,12-22,24H2,1-3,5H3,(H,47,48)/b11-10+/t26-,27+,29?,30?,31+,32?,33?,34+,35?,36-,37?,38-,40-,41+,42-,43-/m1/s1. The molecule has 7 heterocycles. The minimum Gasteiger partial charge on any atom is -0.479 e. The number of carbonyl (C=O) groups is 1. The molecule has 7 aliphatic heterocycles. The lowest BCUT2D eigenvalue weighted by Crippen LogP contribution is -2.60. The molecule has 0 aliphatic carbocycles. The fraction of sp³-hybridized carbons (Fsp3) is 0.837. The molecule has 5 N–H and O–H groups in total. The van der Waals surface area contributed by atoms with Crippen molar-refractivity contribution in [1.29, 1.82) is 0 Å². The molecule has 3 spiro atoms. The number of fused-ring (bicyclic) bond motifs is 1. The average Bonchev–Trinajstić information content (AvgIpc) is 3.55. The van der Waals surface area contributed by atoms with E-state index in [0.717, 1.165) is 57.1 Å². The number of hydrogen-bond donors (Lipinski definition) is 5. The van der Waals surface area contributed by atoms with Gasteiger partial charge in [0, 0.05) is 38.0 Å². The van der Waals surface area contributed by atoms with E-state index in [4.69, 9.17) is 33.2 Å². The van der Waals surface area contributed by atoms with Gasteiger partial charge in [0.15, 0.2) is 17.2 Å². The first-order valence-electron chi connectivity index (χ1n) is 21.3. The van der Waals surface area contributed by atoms with E-state index in [2.05, 4.69) is 19.6 Å². The van der Waals surface area contributed by atoms with Gasteiger partial charge in [0.1, 0.15) is 24.4 Å². The lowest BCUT2D eigenvalue weighted by atomic mass is 9.82. The molecule has 0 saturated carbocycles. The zero-order valence-corrected chi connectivity index (χ0v) is 33.7. The van der Waals surface area contributed by atoms with E-state index in [1.54, 1.807) is 6.08 Å². The van der Waals surface area contributed by atoms with Gasteiger partial charge >= 0.3 is 5.97 Å². The summed E-state index contributed by atoms with van der Waals surface area (Å²) >= 11 is 0. The predicted octanol–water partition coefficient (Wildman–Crippen LogP) is 4.97. The first kappa shape index (κ1) is 42.4. The number of hydrogen-bond acceptors (Lipinski definition) is 12. The summed E-state index contributed by atoms with van der Waals surface area (Å²) in [6.45, 7) is 12.3. The van der Waals surface area contributed by atoms with Crippen molar-refractivity contribution in [3.8, 4) is 0 Å². The van der Waals surface area contributed by atoms with Crippen LogP contribution in [-0.4, -0.2) is 122 Å². The number of ether oxygens (including phenoxy) is 7. The molecule has 6 fully saturated rings. The highest BCUT2D eigenvalue weighted by atomic mass is 16.7. The van der Waals surface area contributed by atoms with E-state index < -0.39 is 71.7 Å². The monoisotopic (exact) mass is 790 g/mol. The number of rotatable bonds is 10. The van der Waals surface area contributed by atoms with Gasteiger partial charge in [0.05, 0.1) is 43.2 Å². The molecule has 56 heavy (non-hydrogen) atoms. The molecule has 6 saturated heterocycles. The Hall–Kier alpha value is -1.75. The van der Waals surface area contributed by atoms with Gasteiger partial charge < -0.3 is 58.7 Å². The normalized spacial score (nSPS) is 44.7. The van der Waals surface area contributed by atoms with E-state index in [1.807, 2.05) is 19.9 Å². The first-order valence-corrected chi connectivity index (χ1v) is 21.3. The summed E-state index contributed by atoms with van der Waals surface area (Å²) in [7, 11) is 0. The van der Waals surface area contributed by atoms with Gasteiger partial charge in [0.25, 0.3) is 0 Å². The van der Waals surface area contributed by atoms with Gasteiger partial charge in [-0.15, -0.1) is 0 Å². The van der Waals surface area contributed by atoms with Crippen molar-refractivity contribution in [1.82, 2.24) is 0 Å². The second kappa shape index (κ2) is 16.7. The lowest BCUT2D eigenvalue weighted by molar-refractivity contribution is -0.320. The molecule has 316 valence electrons. The molecule has 0 amide bonds. The highest BCUT2D eigenvalue weighted by Crippen LogP contribution is 2.47. The summed E-state index contributed by atoms with van der Waals surface area (Å²) in [5.74, 6) is -4.11. The second-order valence-corrected chi connectivity index (χ2v) is 18.3. The third-order valence-corrected chi connectivity index (χ3v) is 13.6. The molecule has 0 aromatic heterocycles. The van der Waals surface area contributed by atoms with Crippen molar-refractivity contribution in [2.24, 2.45) is 11.8 Å². The second-order valence-electron chi connectivity index (χ2n) is 18.3. The summed E-state index contributed by atoms with van der Waals surface area (Å²) in [6, 6.07) is 0. The van der Waals surface area contributed by atoms with Crippen LogP contribution in [0.2, 0.25) is 0 Å². The first-order chi connectivity index (χ1) is 26.5. The van der Waals surface area contributed by atoms with Gasteiger partial charge in [-0.05, 0) is 95.6 Å². The summed E-state index contributed by atoms with van der Waals surface area (Å²) in [4.78, 5) is 11.6. The van der Waals surface area contributed by atoms with Crippen LogP contribution in [0.25, 0.3) is 0 Å². The Bertz CT molecular complexity index is 1470. The van der Waals surface area contributed by atoms with Crippen molar-refractivity contribution < 1.29 is 63.5 Å². The molecule has 0 aromatic carbocycles. The molecule has 6 unspecified atom stereocenters. The quantitative estimate of drug-likeness (QED) is 0.187. The molecule has 13 heteroatoms. The Morgan fingerprint density at radius 2 is 1.73 bits per heavy atom. The summed E-state index contributed by atoms with van der Waals surface area (Å²) in [5, 5.41) is 53.9. The maximum absolute atomic E-state index is 11.6. The zero-order valence-electron chi connectivity index (χ0n) is 33.7. The van der Waals surface area contributed by atoms with Gasteiger partial charge in [0.2, 0.25) is 5.79 Å². The van der Waals surface area contributed by atoms with Crippen molar-refractivity contribution in [2.75, 3.05) is 6.61 Å². The molecule has 7 rings (SSSR count). The average molecular weight is 791 g/mol. The predicted molar refractivity (Wildman–Crippen MR) is 203 cm³/mol. The molecule has 7 aliphatic rings. The fourth-order valence-electron chi connectivity index (χ4n) is 10.2. The molecule has 0 aromatic rings. The van der Waals surface area contributed by atoms with Crippen molar-refractivity contribution in [2.45, 2.75) is 208 Å². The molecule has 0 bridgehead atoms. The SMILES string of the molecule is C=C1C([C@@H](O)C[C@H](C)C2CCC[C@]3(CCCCO3)O2)OC2CC[C@@]3(CCC(/C=C/[C@@H](C)[C@@H]4CC(C)=C[C@@]5(OC(C[C@@](C)(O)C(=O)O)CCC5O)O4)O3)O[C@H]2[C@@H]1O. The Labute approximate surface area is 331 Å². The van der Waals surface area contributed by atoms with Crippen LogP contribution in [0.15, 0.2) is 36.0 Å². The number of carboxylic acid groups (broad SMARTS) is 1. The Balaban J connectivity index is 0.915. The topological polar surface area (TPSA) is 183 Å². The Morgan fingerprint density at radius 1 is 0.964 bits per heavy atom. The smallest absolute Gasteiger partial charge is 0.335 e. The largest absolute Gasteiger partial charge is 0.479 e. The number of aliphatic hydroxyl groups is 4. The Morgan fingerprint density at radius 3 is 2.48 bits per heavy atom. The number of aliphatic carboxylic acids is 1. The fourth-order valence-corrected chi connectivity index (χ4v) is 10.2. The number of aliphatic hydroxyl groups excluding tert-OH is 3. The summed E-state index contributed by atoms with van der Waals surface area (Å²) in [6.07, 6.45) is 10.4. The molecule has 0 radical (unpaired) electrons. The van der Waals surface area contributed by atoms with E-state index in [-0.39, 0.29) is 36.6 Å². The van der Waals surface area contributed by atoms with E-state index >= 15 is 0 Å². The minimum atomic E-state index is -1.96. The van der Waals surface area contributed by atoms with Crippen molar-refractivity contribution in [3.63, 3.8) is 0 Å². The van der Waals surface area contributed by atoms with Crippen molar-refractivity contribution >= 4 is 5.97 Å². The van der Waals surface area contributed by atoms with Crippen LogP contribution in [-0.2, 0) is 38.0 Å². The summed E-state index contributed by atoms with van der Waals surface area (Å²) < 4.78 is 45.0. The molecular weight excluding hydrogens is 724 g/mol. The van der Waals surface area contributed by atoms with Crippen LogP contribution in [0.4, 0.5) is 0 Å². The maximum Gasteiger partial charge on any atom is 0.335 e. The lowest BCUT2D eigenvalue weighted by Gasteiger charge is -2.50. The van der Waals surface area contributed by atoms with E-state index in [9.17, 15) is 30.3 Å². The zero-order chi connectivity index (χ0) is 40.0. The maximum atomic E-state index is 11.6. The van der Waals surface area contributed by atoms with Crippen LogP contribution < -0.4 is 0 Å². The minimum absolute atomic E-state index is 0.00993. The number of carboxylic acids is 1. The van der Waals surface area contributed by atoms with Crippen LogP contribution in [0.3, 0.4) is 0 Å². The van der Waals surface area contributed by atoms with Crippen LogP contribution in [0, 0.1) is 11.8 Å². The van der Waals surface area contributed by atoms with Crippen LogP contribution in [0.5, 0.6) is 0 Å². The van der Waals surface area contributed by atoms with E-state index in [0.29, 0.717) is 50.5 Å². The summed E-state index contributed by atoms with van der Waals surface area (Å²) in [5.41, 5.74) is -0.548. The van der Waals surface area contributed by atoms with E-state index in [1.165, 1.54) is 6.92 Å². The van der Waals surface area contributed by atoms with Gasteiger partial charge in [-0.1, -0.05) is 38.2 Å². The van der Waals surface area contributed by atoms with Crippen molar-refractivity contribution in [3.05, 3.63) is 36.0 Å². The van der Waals surface area contributed by atoms with Gasteiger partial charge in [-0.3, -0.25) is 0 Å². The van der Waals surface area contributed by atoms with Crippen LogP contribution in [0.1, 0.15) is 124 Å². The highest BCUT2D eigenvalue weighted by molar-refractivity contribution is 5.76. The third kappa shape index (κ3) is 8.89. The van der Waals surface area contributed by atoms with Gasteiger partial charge in [-0.25, -0.2) is 4.79 Å². The molecule has 16 atom stereocenters. The van der Waals surface area contributed by atoms with Crippen LogP contribution >= 0.6 is 0 Å².